The van der Waals surface area contributed by atoms with Gasteiger partial charge in [-0.2, -0.15) is 10.2 Å². The molecule has 0 radical (unpaired) electrons. The molecular weight excluding hydrogens is 330 g/mol. The molecule has 1 aromatic carbocycles. The van der Waals surface area contributed by atoms with Crippen molar-refractivity contribution in [1.82, 2.24) is 29.9 Å². The Morgan fingerprint density at radius 3 is 2.88 bits per heavy atom. The fourth-order valence-corrected chi connectivity index (χ4v) is 2.53. The Morgan fingerprint density at radius 2 is 2.08 bits per heavy atom. The van der Waals surface area contributed by atoms with Crippen LogP contribution in [0.2, 0.25) is 0 Å². The van der Waals surface area contributed by atoms with Crippen LogP contribution >= 0.6 is 0 Å². The van der Waals surface area contributed by atoms with Crippen LogP contribution < -0.4 is 5.56 Å². The van der Waals surface area contributed by atoms with Gasteiger partial charge in [0.25, 0.3) is 5.56 Å². The van der Waals surface area contributed by atoms with Crippen LogP contribution in [0, 0.1) is 11.6 Å². The minimum Gasteiger partial charge on any atom is -0.302 e. The summed E-state index contributed by atoms with van der Waals surface area (Å²) in [6, 6.07) is 6.82. The van der Waals surface area contributed by atoms with Crippen molar-refractivity contribution in [2.45, 2.75) is 6.54 Å². The highest BCUT2D eigenvalue weighted by Crippen LogP contribution is 2.24. The Balaban J connectivity index is 1.86. The van der Waals surface area contributed by atoms with Crippen molar-refractivity contribution in [3.8, 4) is 11.5 Å². The van der Waals surface area contributed by atoms with Gasteiger partial charge in [-0.05, 0) is 18.2 Å². The van der Waals surface area contributed by atoms with Crippen LogP contribution in [0.3, 0.4) is 0 Å². The molecule has 0 aliphatic rings. The molecule has 0 atom stereocenters. The molecule has 0 aliphatic carbocycles. The number of halogens is 2. The number of hydrogen-bond donors (Lipinski definition) is 1. The van der Waals surface area contributed by atoms with Gasteiger partial charge in [0.2, 0.25) is 0 Å². The number of fused-ring (bicyclic) bond motifs is 1. The minimum atomic E-state index is -0.672. The number of H-pyrrole nitrogens is 1. The molecule has 0 amide bonds. The maximum Gasteiger partial charge on any atom is 0.269 e. The number of aromatic amines is 1. The first kappa shape index (κ1) is 15.1. The second-order valence-electron chi connectivity index (χ2n) is 5.30. The monoisotopic (exact) mass is 340 g/mol. The van der Waals surface area contributed by atoms with E-state index in [4.69, 9.17) is 0 Å². The Labute approximate surface area is 139 Å². The molecule has 9 heteroatoms. The molecular formula is C16H10F2N6O. The zero-order chi connectivity index (χ0) is 17.4. The molecule has 0 aliphatic heterocycles. The lowest BCUT2D eigenvalue weighted by Gasteiger charge is -2.04. The summed E-state index contributed by atoms with van der Waals surface area (Å²) >= 11 is 0. The maximum absolute atomic E-state index is 13.9. The second-order valence-corrected chi connectivity index (χ2v) is 5.30. The highest BCUT2D eigenvalue weighted by Gasteiger charge is 2.16. The lowest BCUT2D eigenvalue weighted by atomic mass is 10.2. The topological polar surface area (TPSA) is 89.3 Å². The van der Waals surface area contributed by atoms with Crippen molar-refractivity contribution in [2.75, 3.05) is 0 Å². The molecule has 0 bridgehead atoms. The van der Waals surface area contributed by atoms with E-state index in [-0.39, 0.29) is 17.9 Å². The third-order valence-corrected chi connectivity index (χ3v) is 3.64. The number of nitrogens with one attached hydrogen (secondary N) is 1. The summed E-state index contributed by atoms with van der Waals surface area (Å²) in [5.74, 6) is -1.14. The fraction of sp³-hybridized carbons (Fsp3) is 0.0625. The average Bonchev–Trinajstić information content (AvgIpc) is 2.96. The first-order valence-corrected chi connectivity index (χ1v) is 7.29. The van der Waals surface area contributed by atoms with Crippen LogP contribution in [0.4, 0.5) is 8.78 Å². The number of aromatic nitrogens is 6. The number of pyridine rings is 1. The minimum absolute atomic E-state index is 0.0458. The number of benzene rings is 1. The van der Waals surface area contributed by atoms with E-state index in [0.29, 0.717) is 16.7 Å². The van der Waals surface area contributed by atoms with Crippen LogP contribution in [0.25, 0.3) is 22.6 Å². The van der Waals surface area contributed by atoms with Gasteiger partial charge in [0.1, 0.15) is 23.5 Å². The first-order chi connectivity index (χ1) is 12.1. The zero-order valence-electron chi connectivity index (χ0n) is 12.6. The molecule has 3 heterocycles. The van der Waals surface area contributed by atoms with E-state index in [1.165, 1.54) is 16.8 Å². The van der Waals surface area contributed by atoms with Crippen LogP contribution in [-0.4, -0.2) is 29.9 Å². The second kappa shape index (κ2) is 5.86. The van der Waals surface area contributed by atoms with E-state index in [9.17, 15) is 13.6 Å². The van der Waals surface area contributed by atoms with Crippen molar-refractivity contribution in [3.63, 3.8) is 0 Å². The number of hydrogen-bond acceptors (Lipinski definition) is 5. The molecule has 0 fully saturated rings. The zero-order valence-corrected chi connectivity index (χ0v) is 12.6. The van der Waals surface area contributed by atoms with Crippen molar-refractivity contribution >= 4 is 11.0 Å². The number of nitrogens with zero attached hydrogens (tertiary/aromatic N) is 5. The molecule has 4 rings (SSSR count). The van der Waals surface area contributed by atoms with Gasteiger partial charge < -0.3 is 4.98 Å². The molecule has 1 N–H and O–H groups in total. The largest absolute Gasteiger partial charge is 0.302 e. The molecule has 0 unspecified atom stereocenters. The van der Waals surface area contributed by atoms with E-state index in [2.05, 4.69) is 25.3 Å². The van der Waals surface area contributed by atoms with E-state index in [1.54, 1.807) is 18.3 Å². The Morgan fingerprint density at radius 1 is 1.20 bits per heavy atom. The number of rotatable bonds is 3. The molecule has 3 aromatic heterocycles. The Bertz CT molecular complexity index is 1140. The van der Waals surface area contributed by atoms with Crippen LogP contribution in [0.1, 0.15) is 5.56 Å². The van der Waals surface area contributed by atoms with Crippen molar-refractivity contribution < 1.29 is 8.78 Å². The normalized spacial score (nSPS) is 11.1. The smallest absolute Gasteiger partial charge is 0.269 e. The summed E-state index contributed by atoms with van der Waals surface area (Å²) in [5.41, 5.74) is 0.695. The molecule has 25 heavy (non-hydrogen) atoms. The summed E-state index contributed by atoms with van der Waals surface area (Å²) in [6.45, 7) is 0.0458. The van der Waals surface area contributed by atoms with Gasteiger partial charge in [-0.25, -0.2) is 18.4 Å². The third-order valence-electron chi connectivity index (χ3n) is 3.64. The van der Waals surface area contributed by atoms with Crippen molar-refractivity contribution in [1.29, 1.82) is 0 Å². The molecule has 0 spiro atoms. The molecule has 4 aromatic rings. The van der Waals surface area contributed by atoms with Crippen LogP contribution in [0.15, 0.2) is 47.5 Å². The molecule has 124 valence electrons. The van der Waals surface area contributed by atoms with E-state index >= 15 is 0 Å². The predicted molar refractivity (Wildman–Crippen MR) is 84.6 cm³/mol. The van der Waals surface area contributed by atoms with Crippen molar-refractivity contribution in [3.05, 3.63) is 70.3 Å². The van der Waals surface area contributed by atoms with Gasteiger partial charge in [-0.3, -0.25) is 4.79 Å². The lowest BCUT2D eigenvalue weighted by molar-refractivity contribution is 0.561. The van der Waals surface area contributed by atoms with Crippen LogP contribution in [-0.2, 0) is 6.54 Å². The predicted octanol–water partition coefficient (Wildman–Crippen LogP) is 1.90. The highest BCUT2D eigenvalue weighted by molar-refractivity contribution is 5.88. The molecule has 7 nitrogen and oxygen atoms in total. The van der Waals surface area contributed by atoms with E-state index < -0.39 is 17.2 Å². The van der Waals surface area contributed by atoms with E-state index in [1.807, 2.05) is 0 Å². The first-order valence-electron chi connectivity index (χ1n) is 7.29. The summed E-state index contributed by atoms with van der Waals surface area (Å²) in [5, 5.41) is 12.5. The summed E-state index contributed by atoms with van der Waals surface area (Å²) < 4.78 is 28.5. The standard InChI is InChI=1S/C16H10F2N6O/c17-10-4-3-9(12(18)6-10)8-24-16-11(2-1-5-19-16)14(23-24)15-21-13(25)7-20-22-15/h1-7H,8H2,(H,21,22,25). The van der Waals surface area contributed by atoms with Gasteiger partial charge >= 0.3 is 0 Å². The Kier molecular flexibility index (Phi) is 3.53. The summed E-state index contributed by atoms with van der Waals surface area (Å²) in [4.78, 5) is 18.3. The van der Waals surface area contributed by atoms with Crippen LogP contribution in [0.5, 0.6) is 0 Å². The van der Waals surface area contributed by atoms with Gasteiger partial charge in [0, 0.05) is 17.8 Å². The summed E-state index contributed by atoms with van der Waals surface area (Å²) in [7, 11) is 0. The van der Waals surface area contributed by atoms with Gasteiger partial charge in [-0.15, -0.1) is 5.10 Å². The van der Waals surface area contributed by atoms with E-state index in [0.717, 1.165) is 12.3 Å². The average molecular weight is 340 g/mol. The molecule has 0 saturated carbocycles. The maximum atomic E-state index is 13.9. The highest BCUT2D eigenvalue weighted by atomic mass is 19.1. The molecule has 0 saturated heterocycles. The fourth-order valence-electron chi connectivity index (χ4n) is 2.53. The van der Waals surface area contributed by atoms with Gasteiger partial charge in [-0.1, -0.05) is 6.07 Å². The Hall–Kier alpha value is -3.49. The SMILES string of the molecule is O=c1cnnc(-c2nn(Cc3ccc(F)cc3F)c3ncccc23)[nH]1. The quantitative estimate of drug-likeness (QED) is 0.615. The van der Waals surface area contributed by atoms with Gasteiger partial charge in [0.05, 0.1) is 11.9 Å². The van der Waals surface area contributed by atoms with Gasteiger partial charge in [0.15, 0.2) is 11.5 Å². The van der Waals surface area contributed by atoms with Crippen molar-refractivity contribution in [2.24, 2.45) is 0 Å². The lowest BCUT2D eigenvalue weighted by Crippen LogP contribution is -2.09. The summed E-state index contributed by atoms with van der Waals surface area (Å²) in [6.07, 6.45) is 2.62. The third kappa shape index (κ3) is 2.75.